The van der Waals surface area contributed by atoms with Crippen LogP contribution in [0.25, 0.3) is 21.8 Å². The van der Waals surface area contributed by atoms with Gasteiger partial charge < -0.3 is 19.3 Å². The van der Waals surface area contributed by atoms with Gasteiger partial charge in [0.2, 0.25) is 0 Å². The van der Waals surface area contributed by atoms with Crippen molar-refractivity contribution >= 4 is 33.7 Å². The van der Waals surface area contributed by atoms with Gasteiger partial charge in [0.25, 0.3) is 0 Å². The minimum Gasteiger partial charge on any atom is -0.490 e. The van der Waals surface area contributed by atoms with Crippen molar-refractivity contribution in [2.75, 3.05) is 33.3 Å². The average molecular weight is 865 g/mol. The number of nitrogens with zero attached hydrogens (tertiary/aromatic N) is 6. The van der Waals surface area contributed by atoms with Gasteiger partial charge >= 0.3 is 11.9 Å². The molecule has 63 heavy (non-hydrogen) atoms. The lowest BCUT2D eigenvalue weighted by atomic mass is 9.72. The molecule has 0 spiro atoms. The molecule has 8 rings (SSSR count). The molecule has 4 aliphatic rings. The number of hydrogen-bond acceptors (Lipinski definition) is 11. The maximum Gasteiger partial charge on any atom is 0.308 e. The molecule has 2 aliphatic carbocycles. The van der Waals surface area contributed by atoms with Gasteiger partial charge in [-0.3, -0.25) is 19.4 Å². The predicted molar refractivity (Wildman–Crippen MR) is 246 cm³/mol. The average Bonchev–Trinajstić information content (AvgIpc) is 3.26. The number of carbonyl (C=O) groups is 2. The number of benzene rings is 2. The van der Waals surface area contributed by atoms with Gasteiger partial charge in [0.15, 0.2) is 0 Å². The van der Waals surface area contributed by atoms with E-state index >= 15 is 0 Å². The van der Waals surface area contributed by atoms with Crippen LogP contribution in [0.4, 0.5) is 0 Å². The minimum atomic E-state index is -0.679. The first-order valence-electron chi connectivity index (χ1n) is 23.7. The second-order valence-corrected chi connectivity index (χ2v) is 20.9. The van der Waals surface area contributed by atoms with Gasteiger partial charge in [-0.25, -0.2) is 19.9 Å². The van der Waals surface area contributed by atoms with Crippen LogP contribution in [-0.2, 0) is 27.4 Å². The third-order valence-corrected chi connectivity index (χ3v) is 14.4. The zero-order valence-electron chi connectivity index (χ0n) is 39.0. The zero-order chi connectivity index (χ0) is 44.7. The number of carboxylic acids is 1. The number of ether oxygens (including phenoxy) is 3. The van der Waals surface area contributed by atoms with E-state index in [0.717, 1.165) is 121 Å². The number of piperidine rings is 2. The predicted octanol–water partition coefficient (Wildman–Crippen LogP) is 9.91. The van der Waals surface area contributed by atoms with Crippen molar-refractivity contribution in [3.63, 3.8) is 0 Å². The molecule has 12 nitrogen and oxygen atoms in total. The molecule has 0 radical (unpaired) electrons. The number of likely N-dealkylation sites (tertiary alicyclic amines) is 2. The Morgan fingerprint density at radius 3 is 1.37 bits per heavy atom. The standard InChI is InChI=1S/C26H37N3O3.C25H35N3O3/c1-26(2,3)20-5-7-21(8-6-20)32-22-9-10-23-19(15-22)16-27-24(28-23)17-29-13-11-18(12-14-29)25(30)31-4;1-25(2,3)19-4-6-20(7-5-19)31-21-8-9-22-18(14-21)15-26-23(27-22)16-28-12-10-17(11-13-28)24(29)30/h9-10,15-16,18,20-21H,5-8,11-14,17H2,1-4H3;8-9,14-15,17,19-20H,4-7,10-13,16H2,1-3H3,(H,29,30). The summed E-state index contributed by atoms with van der Waals surface area (Å²) in [7, 11) is 1.46. The largest absolute Gasteiger partial charge is 0.490 e. The second-order valence-electron chi connectivity index (χ2n) is 20.9. The van der Waals surface area contributed by atoms with Crippen LogP contribution < -0.4 is 9.47 Å². The lowest BCUT2D eigenvalue weighted by molar-refractivity contribution is -0.147. The Morgan fingerprint density at radius 1 is 0.603 bits per heavy atom. The smallest absolute Gasteiger partial charge is 0.308 e. The lowest BCUT2D eigenvalue weighted by Gasteiger charge is -2.37. The van der Waals surface area contributed by atoms with Crippen molar-refractivity contribution in [1.29, 1.82) is 0 Å². The number of rotatable bonds is 10. The summed E-state index contributed by atoms with van der Waals surface area (Å²) >= 11 is 0. The summed E-state index contributed by atoms with van der Waals surface area (Å²) in [6.07, 6.45) is 16.9. The molecule has 2 aromatic heterocycles. The Kier molecular flexibility index (Phi) is 15.2. The molecule has 0 unspecified atom stereocenters. The minimum absolute atomic E-state index is 0.0238. The molecule has 0 atom stereocenters. The second kappa shape index (κ2) is 20.6. The number of carboxylic acid groups (broad SMARTS) is 1. The molecule has 0 bridgehead atoms. The normalized spacial score (nSPS) is 23.5. The summed E-state index contributed by atoms with van der Waals surface area (Å²) in [4.78, 5) is 46.0. The molecule has 2 aliphatic heterocycles. The van der Waals surface area contributed by atoms with Crippen molar-refractivity contribution < 1.29 is 28.9 Å². The molecule has 2 saturated heterocycles. The molecule has 1 N–H and O–H groups in total. The Labute approximate surface area is 374 Å². The zero-order valence-corrected chi connectivity index (χ0v) is 39.0. The van der Waals surface area contributed by atoms with Crippen molar-refractivity contribution in [2.45, 2.75) is 144 Å². The number of methoxy groups -OCH3 is 1. The number of fused-ring (bicyclic) bond motifs is 2. The van der Waals surface area contributed by atoms with Crippen LogP contribution in [-0.4, -0.2) is 92.3 Å². The van der Waals surface area contributed by atoms with Gasteiger partial charge in [-0.15, -0.1) is 0 Å². The Balaban J connectivity index is 0.000000189. The van der Waals surface area contributed by atoms with Crippen molar-refractivity contribution in [1.82, 2.24) is 29.7 Å². The van der Waals surface area contributed by atoms with Crippen LogP contribution in [0.15, 0.2) is 48.8 Å². The van der Waals surface area contributed by atoms with Gasteiger partial charge in [0.05, 0.1) is 55.3 Å². The Hall–Kier alpha value is -4.42. The highest BCUT2D eigenvalue weighted by Crippen LogP contribution is 2.40. The van der Waals surface area contributed by atoms with Gasteiger partial charge in [-0.05, 0) is 162 Å². The summed E-state index contributed by atoms with van der Waals surface area (Å²) in [6, 6.07) is 12.2. The van der Waals surface area contributed by atoms with E-state index in [1.54, 1.807) is 0 Å². The van der Waals surface area contributed by atoms with E-state index in [4.69, 9.17) is 29.3 Å². The van der Waals surface area contributed by atoms with Crippen molar-refractivity contribution in [2.24, 2.45) is 34.5 Å². The maximum absolute atomic E-state index is 11.7. The van der Waals surface area contributed by atoms with Gasteiger partial charge in [0, 0.05) is 23.2 Å². The first-order chi connectivity index (χ1) is 30.1. The highest BCUT2D eigenvalue weighted by molar-refractivity contribution is 5.80. The van der Waals surface area contributed by atoms with Crippen LogP contribution in [0.5, 0.6) is 11.5 Å². The first kappa shape index (κ1) is 46.6. The van der Waals surface area contributed by atoms with E-state index in [1.807, 2.05) is 42.7 Å². The fourth-order valence-corrected chi connectivity index (χ4v) is 10.1. The van der Waals surface area contributed by atoms with E-state index in [1.165, 1.54) is 32.8 Å². The maximum atomic E-state index is 11.7. The molecule has 4 aromatic rings. The van der Waals surface area contributed by atoms with Crippen molar-refractivity contribution in [3.05, 3.63) is 60.4 Å². The van der Waals surface area contributed by atoms with E-state index < -0.39 is 5.97 Å². The summed E-state index contributed by atoms with van der Waals surface area (Å²) in [5.41, 5.74) is 2.65. The number of aliphatic carboxylic acids is 1. The number of hydrogen-bond donors (Lipinski definition) is 1. The van der Waals surface area contributed by atoms with E-state index in [2.05, 4.69) is 67.4 Å². The third-order valence-electron chi connectivity index (χ3n) is 14.4. The lowest BCUT2D eigenvalue weighted by Crippen LogP contribution is -2.36. The van der Waals surface area contributed by atoms with Crippen molar-refractivity contribution in [3.8, 4) is 11.5 Å². The number of esters is 1. The number of carbonyl (C=O) groups excluding carboxylic acids is 1. The number of aromatic nitrogens is 4. The SMILES string of the molecule is CC(C)(C)C1CCC(Oc2ccc3nc(CN4CCC(C(=O)O)CC4)ncc3c2)CC1.COC(=O)C1CCN(Cc2ncc3cc(OC4CCC(C(C)(C)C)CC4)ccc3n2)CC1. The van der Waals surface area contributed by atoms with Crippen LogP contribution in [0.1, 0.15) is 130 Å². The van der Waals surface area contributed by atoms with Crippen LogP contribution in [0.2, 0.25) is 0 Å². The van der Waals surface area contributed by atoms with Gasteiger partial charge in [-0.2, -0.15) is 0 Å². The van der Waals surface area contributed by atoms with Crippen LogP contribution >= 0.6 is 0 Å². The highest BCUT2D eigenvalue weighted by Gasteiger charge is 2.32. The molecule has 2 saturated carbocycles. The summed E-state index contributed by atoms with van der Waals surface area (Å²) in [6.45, 7) is 18.7. The monoisotopic (exact) mass is 865 g/mol. The van der Waals surface area contributed by atoms with Gasteiger partial charge in [0.1, 0.15) is 23.1 Å². The molecule has 4 fully saturated rings. The van der Waals surface area contributed by atoms with Crippen LogP contribution in [0.3, 0.4) is 0 Å². The van der Waals surface area contributed by atoms with E-state index in [9.17, 15) is 9.59 Å². The summed E-state index contributed by atoms with van der Waals surface area (Å²) in [5.74, 6) is 4.04. The molecule has 12 heteroatoms. The summed E-state index contributed by atoms with van der Waals surface area (Å²) < 4.78 is 17.5. The molecule has 2 aromatic carbocycles. The fourth-order valence-electron chi connectivity index (χ4n) is 10.1. The highest BCUT2D eigenvalue weighted by atomic mass is 16.5. The quantitative estimate of drug-likeness (QED) is 0.152. The third kappa shape index (κ3) is 12.9. The molecule has 4 heterocycles. The fraction of sp³-hybridized carbons (Fsp3) is 0.647. The summed E-state index contributed by atoms with van der Waals surface area (Å²) in [5, 5.41) is 11.2. The van der Waals surface area contributed by atoms with E-state index in [-0.39, 0.29) is 17.8 Å². The van der Waals surface area contributed by atoms with Crippen LogP contribution in [0, 0.1) is 34.5 Å². The van der Waals surface area contributed by atoms with E-state index in [0.29, 0.717) is 49.0 Å². The molecular weight excluding hydrogens is 793 g/mol. The first-order valence-corrected chi connectivity index (χ1v) is 23.7. The molecule has 0 amide bonds. The Morgan fingerprint density at radius 2 is 1.00 bits per heavy atom. The molecule has 342 valence electrons. The van der Waals surface area contributed by atoms with Gasteiger partial charge in [-0.1, -0.05) is 41.5 Å². The molecular formula is C51H72N6O6. The topological polar surface area (TPSA) is 140 Å². The Bertz CT molecular complexity index is 2140.